The minimum Gasteiger partial charge on any atom is -0.342 e. The number of benzene rings is 2. The summed E-state index contributed by atoms with van der Waals surface area (Å²) < 4.78 is 13.2. The summed E-state index contributed by atoms with van der Waals surface area (Å²) in [4.78, 5) is 21.4. The zero-order valence-electron chi connectivity index (χ0n) is 13.1. The SMILES string of the molecule is CN(CCc1nc2ccc(F)cc2[nH]1)C(=O)c1cccc(C#N)c1. The highest BCUT2D eigenvalue weighted by atomic mass is 19.1. The van der Waals surface area contributed by atoms with Crippen LogP contribution >= 0.6 is 0 Å². The van der Waals surface area contributed by atoms with E-state index in [0.29, 0.717) is 41.0 Å². The van der Waals surface area contributed by atoms with E-state index in [1.807, 2.05) is 6.07 Å². The van der Waals surface area contributed by atoms with Crippen molar-refractivity contribution in [1.29, 1.82) is 5.26 Å². The van der Waals surface area contributed by atoms with Gasteiger partial charge in [0.05, 0.1) is 22.7 Å². The Balaban J connectivity index is 1.68. The maximum absolute atomic E-state index is 13.2. The first-order valence-corrected chi connectivity index (χ1v) is 7.46. The van der Waals surface area contributed by atoms with E-state index in [-0.39, 0.29) is 11.7 Å². The highest BCUT2D eigenvalue weighted by molar-refractivity contribution is 5.94. The number of aromatic amines is 1. The van der Waals surface area contributed by atoms with Crippen molar-refractivity contribution in [3.05, 3.63) is 65.2 Å². The van der Waals surface area contributed by atoms with Gasteiger partial charge in [0, 0.05) is 25.6 Å². The molecule has 24 heavy (non-hydrogen) atoms. The third-order valence-corrected chi connectivity index (χ3v) is 3.76. The quantitative estimate of drug-likeness (QED) is 0.802. The lowest BCUT2D eigenvalue weighted by molar-refractivity contribution is 0.0796. The monoisotopic (exact) mass is 322 g/mol. The summed E-state index contributed by atoms with van der Waals surface area (Å²) in [5.41, 5.74) is 2.26. The number of carbonyl (C=O) groups excluding carboxylic acids is 1. The van der Waals surface area contributed by atoms with E-state index in [9.17, 15) is 9.18 Å². The van der Waals surface area contributed by atoms with Crippen molar-refractivity contribution in [3.8, 4) is 6.07 Å². The van der Waals surface area contributed by atoms with Gasteiger partial charge in [0.25, 0.3) is 5.91 Å². The molecule has 3 rings (SSSR count). The van der Waals surface area contributed by atoms with Gasteiger partial charge >= 0.3 is 0 Å². The molecule has 1 heterocycles. The molecule has 1 N–H and O–H groups in total. The molecule has 0 bridgehead atoms. The van der Waals surface area contributed by atoms with Crippen LogP contribution in [0.3, 0.4) is 0 Å². The van der Waals surface area contributed by atoms with Crippen molar-refractivity contribution in [2.75, 3.05) is 13.6 Å². The summed E-state index contributed by atoms with van der Waals surface area (Å²) >= 11 is 0. The average molecular weight is 322 g/mol. The Hall–Kier alpha value is -3.20. The standard InChI is InChI=1S/C18H15FN4O/c1-23(18(24)13-4-2-3-12(9-13)11-20)8-7-17-21-15-6-5-14(19)10-16(15)22-17/h2-6,9-10H,7-8H2,1H3,(H,21,22). The van der Waals surface area contributed by atoms with E-state index < -0.39 is 0 Å². The topological polar surface area (TPSA) is 72.8 Å². The van der Waals surface area contributed by atoms with Crippen LogP contribution in [0, 0.1) is 17.1 Å². The van der Waals surface area contributed by atoms with Gasteiger partial charge in [0.1, 0.15) is 11.6 Å². The number of H-pyrrole nitrogens is 1. The van der Waals surface area contributed by atoms with Gasteiger partial charge < -0.3 is 9.88 Å². The lowest BCUT2D eigenvalue weighted by Crippen LogP contribution is -2.29. The number of imidazole rings is 1. The van der Waals surface area contributed by atoms with Gasteiger partial charge in [-0.3, -0.25) is 4.79 Å². The van der Waals surface area contributed by atoms with Crippen molar-refractivity contribution in [2.45, 2.75) is 6.42 Å². The maximum atomic E-state index is 13.2. The van der Waals surface area contributed by atoms with E-state index in [4.69, 9.17) is 5.26 Å². The number of nitrogens with one attached hydrogen (secondary N) is 1. The molecule has 0 aliphatic heterocycles. The number of rotatable bonds is 4. The van der Waals surface area contributed by atoms with Gasteiger partial charge in [0.15, 0.2) is 0 Å². The van der Waals surface area contributed by atoms with E-state index in [1.54, 1.807) is 42.3 Å². The summed E-state index contributed by atoms with van der Waals surface area (Å²) in [7, 11) is 1.70. The molecular weight excluding hydrogens is 307 g/mol. The molecule has 1 aromatic heterocycles. The summed E-state index contributed by atoms with van der Waals surface area (Å²) in [5, 5.41) is 8.91. The maximum Gasteiger partial charge on any atom is 0.253 e. The molecule has 0 saturated carbocycles. The molecule has 0 fully saturated rings. The van der Waals surface area contributed by atoms with Crippen LogP contribution in [-0.4, -0.2) is 34.4 Å². The van der Waals surface area contributed by atoms with Crippen LogP contribution in [0.4, 0.5) is 4.39 Å². The minimum absolute atomic E-state index is 0.158. The molecule has 0 atom stereocenters. The highest BCUT2D eigenvalue weighted by Gasteiger charge is 2.13. The lowest BCUT2D eigenvalue weighted by Gasteiger charge is -2.16. The number of carbonyl (C=O) groups is 1. The zero-order valence-corrected chi connectivity index (χ0v) is 13.1. The van der Waals surface area contributed by atoms with Crippen LogP contribution in [0.15, 0.2) is 42.5 Å². The molecule has 0 radical (unpaired) electrons. The van der Waals surface area contributed by atoms with Crippen molar-refractivity contribution in [2.24, 2.45) is 0 Å². The van der Waals surface area contributed by atoms with E-state index in [1.165, 1.54) is 12.1 Å². The third kappa shape index (κ3) is 3.25. The third-order valence-electron chi connectivity index (χ3n) is 3.76. The molecule has 0 saturated heterocycles. The smallest absolute Gasteiger partial charge is 0.253 e. The second-order valence-corrected chi connectivity index (χ2v) is 5.51. The van der Waals surface area contributed by atoms with Gasteiger partial charge in [-0.05, 0) is 36.4 Å². The number of hydrogen-bond acceptors (Lipinski definition) is 3. The molecule has 3 aromatic rings. The van der Waals surface area contributed by atoms with Crippen LogP contribution in [0.1, 0.15) is 21.7 Å². The van der Waals surface area contributed by atoms with Gasteiger partial charge in [-0.1, -0.05) is 6.07 Å². The van der Waals surface area contributed by atoms with Crippen LogP contribution in [-0.2, 0) is 6.42 Å². The summed E-state index contributed by atoms with van der Waals surface area (Å²) in [5.74, 6) is 0.220. The lowest BCUT2D eigenvalue weighted by atomic mass is 10.1. The fourth-order valence-corrected chi connectivity index (χ4v) is 2.47. The van der Waals surface area contributed by atoms with E-state index >= 15 is 0 Å². The zero-order chi connectivity index (χ0) is 17.1. The van der Waals surface area contributed by atoms with E-state index in [2.05, 4.69) is 9.97 Å². The highest BCUT2D eigenvalue weighted by Crippen LogP contribution is 2.14. The number of likely N-dealkylation sites (N-methyl/N-ethyl adjacent to an activating group) is 1. The number of amides is 1. The predicted octanol–water partition coefficient (Wildman–Crippen LogP) is 2.89. The number of hydrogen-bond donors (Lipinski definition) is 1. The first kappa shape index (κ1) is 15.7. The molecule has 6 heteroatoms. The molecular formula is C18H15FN4O. The normalized spacial score (nSPS) is 10.5. The van der Waals surface area contributed by atoms with Gasteiger partial charge in [-0.2, -0.15) is 5.26 Å². The van der Waals surface area contributed by atoms with E-state index in [0.717, 1.165) is 0 Å². The second kappa shape index (κ2) is 6.50. The Kier molecular flexibility index (Phi) is 4.25. The van der Waals surface area contributed by atoms with Crippen LogP contribution in [0.5, 0.6) is 0 Å². The molecule has 5 nitrogen and oxygen atoms in total. The average Bonchev–Trinajstić information content (AvgIpc) is 3.01. The first-order valence-electron chi connectivity index (χ1n) is 7.46. The first-order chi connectivity index (χ1) is 11.6. The number of nitriles is 1. The number of halogens is 1. The predicted molar refractivity (Wildman–Crippen MR) is 87.9 cm³/mol. The molecule has 0 aliphatic carbocycles. The van der Waals surface area contributed by atoms with Crippen molar-refractivity contribution in [1.82, 2.24) is 14.9 Å². The Bertz CT molecular complexity index is 942. The number of nitrogens with zero attached hydrogens (tertiary/aromatic N) is 3. The Morgan fingerprint density at radius 2 is 2.17 bits per heavy atom. The summed E-state index contributed by atoms with van der Waals surface area (Å²) in [6.07, 6.45) is 0.524. The molecule has 0 spiro atoms. The fourth-order valence-electron chi connectivity index (χ4n) is 2.47. The van der Waals surface area contributed by atoms with Crippen molar-refractivity contribution in [3.63, 3.8) is 0 Å². The minimum atomic E-state index is -0.317. The van der Waals surface area contributed by atoms with Gasteiger partial charge in [-0.25, -0.2) is 9.37 Å². The van der Waals surface area contributed by atoms with Crippen LogP contribution in [0.25, 0.3) is 11.0 Å². The summed E-state index contributed by atoms with van der Waals surface area (Å²) in [6, 6.07) is 13.0. The van der Waals surface area contributed by atoms with Crippen LogP contribution < -0.4 is 0 Å². The molecule has 120 valence electrons. The molecule has 0 aliphatic rings. The van der Waals surface area contributed by atoms with Crippen molar-refractivity contribution >= 4 is 16.9 Å². The van der Waals surface area contributed by atoms with Gasteiger partial charge in [-0.15, -0.1) is 0 Å². The molecule has 1 amide bonds. The van der Waals surface area contributed by atoms with Crippen molar-refractivity contribution < 1.29 is 9.18 Å². The summed E-state index contributed by atoms with van der Waals surface area (Å²) in [6.45, 7) is 0.456. The molecule has 2 aromatic carbocycles. The Morgan fingerprint density at radius 1 is 1.33 bits per heavy atom. The fraction of sp³-hybridized carbons (Fsp3) is 0.167. The number of fused-ring (bicyclic) bond motifs is 1. The van der Waals surface area contributed by atoms with Gasteiger partial charge in [0.2, 0.25) is 0 Å². The largest absolute Gasteiger partial charge is 0.342 e. The number of aromatic nitrogens is 2. The van der Waals surface area contributed by atoms with Crippen LogP contribution in [0.2, 0.25) is 0 Å². The Morgan fingerprint density at radius 3 is 2.96 bits per heavy atom. The second-order valence-electron chi connectivity index (χ2n) is 5.51. The Labute approximate surface area is 138 Å². The molecule has 0 unspecified atom stereocenters.